The third-order valence-corrected chi connectivity index (χ3v) is 4.22. The van der Waals surface area contributed by atoms with E-state index in [1.807, 2.05) is 34.6 Å². The molecule has 6 nitrogen and oxygen atoms in total. The highest BCUT2D eigenvalue weighted by Crippen LogP contribution is 2.18. The molecular weight excluding hydrogens is 352 g/mol. The first kappa shape index (κ1) is 20.0. The van der Waals surface area contributed by atoms with Crippen LogP contribution < -0.4 is 10.6 Å². The van der Waals surface area contributed by atoms with Gasteiger partial charge < -0.3 is 10.6 Å². The first-order valence-electron chi connectivity index (χ1n) is 8.51. The fraction of sp³-hybridized carbons (Fsp3) is 0.421. The van der Waals surface area contributed by atoms with Gasteiger partial charge in [-0.3, -0.25) is 14.3 Å². The Hall–Kier alpha value is -2.34. The average Bonchev–Trinajstić information content (AvgIpc) is 3.01. The van der Waals surface area contributed by atoms with E-state index in [4.69, 9.17) is 11.6 Å². The largest absolute Gasteiger partial charge is 0.340 e. The number of hydrogen-bond acceptors (Lipinski definition) is 3. The van der Waals surface area contributed by atoms with E-state index in [-0.39, 0.29) is 23.3 Å². The molecule has 0 saturated heterocycles. The van der Waals surface area contributed by atoms with Crippen molar-refractivity contribution in [3.63, 3.8) is 0 Å². The van der Waals surface area contributed by atoms with Crippen molar-refractivity contribution in [3.05, 3.63) is 47.2 Å². The van der Waals surface area contributed by atoms with Gasteiger partial charge in [0.15, 0.2) is 0 Å². The number of nitrogens with one attached hydrogen (secondary N) is 2. The van der Waals surface area contributed by atoms with E-state index < -0.39 is 6.04 Å². The predicted octanol–water partition coefficient (Wildman–Crippen LogP) is 3.68. The summed E-state index contributed by atoms with van der Waals surface area (Å²) in [5.74, 6) is -0.775. The van der Waals surface area contributed by atoms with Gasteiger partial charge in [0, 0.05) is 6.20 Å². The molecule has 0 radical (unpaired) electrons. The number of amides is 2. The van der Waals surface area contributed by atoms with Crippen LogP contribution in [0.4, 0.5) is 5.69 Å². The molecule has 140 valence electrons. The zero-order chi connectivity index (χ0) is 19.5. The highest BCUT2D eigenvalue weighted by Gasteiger charge is 2.26. The van der Waals surface area contributed by atoms with E-state index in [0.717, 1.165) is 0 Å². The highest BCUT2D eigenvalue weighted by atomic mass is 35.5. The van der Waals surface area contributed by atoms with Crippen molar-refractivity contribution in [1.82, 2.24) is 15.1 Å². The summed E-state index contributed by atoms with van der Waals surface area (Å²) in [5.41, 5.74) is 0.745. The zero-order valence-electron chi connectivity index (χ0n) is 15.7. The van der Waals surface area contributed by atoms with Gasteiger partial charge in [0.05, 0.1) is 28.0 Å². The molecule has 0 saturated carbocycles. The summed E-state index contributed by atoms with van der Waals surface area (Å²) in [7, 11) is 0. The van der Waals surface area contributed by atoms with Gasteiger partial charge in [0.25, 0.3) is 5.91 Å². The molecule has 0 fully saturated rings. The summed E-state index contributed by atoms with van der Waals surface area (Å²) in [6, 6.07) is 6.05. The average molecular weight is 377 g/mol. The third kappa shape index (κ3) is 4.85. The molecule has 2 amide bonds. The van der Waals surface area contributed by atoms with Crippen LogP contribution in [-0.2, 0) is 10.3 Å². The maximum atomic E-state index is 12.7. The first-order chi connectivity index (χ1) is 12.1. The minimum absolute atomic E-state index is 0.0981. The number of benzene rings is 1. The minimum atomic E-state index is -0.697. The summed E-state index contributed by atoms with van der Waals surface area (Å²) in [6.45, 7) is 9.80. The Bertz CT molecular complexity index is 793. The minimum Gasteiger partial charge on any atom is -0.340 e. The number of aromatic nitrogens is 2. The number of carbonyl (C=O) groups is 2. The van der Waals surface area contributed by atoms with Crippen LogP contribution in [0.15, 0.2) is 36.7 Å². The molecule has 2 aromatic rings. The lowest BCUT2D eigenvalue weighted by atomic mass is 10.0. The molecule has 0 bridgehead atoms. The van der Waals surface area contributed by atoms with Gasteiger partial charge in [-0.1, -0.05) is 37.6 Å². The lowest BCUT2D eigenvalue weighted by molar-refractivity contribution is -0.118. The standard InChI is InChI=1S/C19H25ClN4O2/c1-12(2)16(23-17(25)14-8-6-7-9-15(14)20)18(26)22-13-10-21-24(11-13)19(3,4)5/h6-12,16H,1-5H3,(H,22,26)(H,23,25). The molecule has 0 aliphatic carbocycles. The van der Waals surface area contributed by atoms with Crippen molar-refractivity contribution in [2.45, 2.75) is 46.2 Å². The Kier molecular flexibility index (Phi) is 6.08. The van der Waals surface area contributed by atoms with Gasteiger partial charge in [0.1, 0.15) is 6.04 Å². The smallest absolute Gasteiger partial charge is 0.253 e. The molecule has 0 spiro atoms. The molecule has 2 rings (SSSR count). The van der Waals surface area contributed by atoms with Crippen molar-refractivity contribution < 1.29 is 9.59 Å². The molecule has 1 atom stereocenters. The Labute approximate surface area is 158 Å². The number of anilines is 1. The van der Waals surface area contributed by atoms with Crippen LogP contribution in [0, 0.1) is 5.92 Å². The Balaban J connectivity index is 2.11. The fourth-order valence-electron chi connectivity index (χ4n) is 2.37. The maximum Gasteiger partial charge on any atom is 0.253 e. The van der Waals surface area contributed by atoms with Gasteiger partial charge in [-0.15, -0.1) is 0 Å². The quantitative estimate of drug-likeness (QED) is 0.835. The molecule has 7 heteroatoms. The van der Waals surface area contributed by atoms with Crippen molar-refractivity contribution in [2.75, 3.05) is 5.32 Å². The number of hydrogen-bond donors (Lipinski definition) is 2. The highest BCUT2D eigenvalue weighted by molar-refractivity contribution is 6.33. The molecule has 1 unspecified atom stereocenters. The second-order valence-corrected chi connectivity index (χ2v) is 7.92. The Morgan fingerprint density at radius 3 is 2.38 bits per heavy atom. The van der Waals surface area contributed by atoms with Crippen molar-refractivity contribution in [2.24, 2.45) is 5.92 Å². The fourth-order valence-corrected chi connectivity index (χ4v) is 2.60. The number of halogens is 1. The van der Waals surface area contributed by atoms with Crippen LogP contribution in [0.5, 0.6) is 0 Å². The first-order valence-corrected chi connectivity index (χ1v) is 8.89. The van der Waals surface area contributed by atoms with Crippen LogP contribution in [0.2, 0.25) is 5.02 Å². The molecule has 1 aromatic carbocycles. The summed E-state index contributed by atoms with van der Waals surface area (Å²) in [5, 5.41) is 10.2. The van der Waals surface area contributed by atoms with E-state index in [2.05, 4.69) is 15.7 Å². The van der Waals surface area contributed by atoms with Gasteiger partial charge in [0.2, 0.25) is 5.91 Å². The summed E-state index contributed by atoms with van der Waals surface area (Å²) in [6.07, 6.45) is 3.36. The van der Waals surface area contributed by atoms with Crippen LogP contribution in [0.25, 0.3) is 0 Å². The van der Waals surface area contributed by atoms with Crippen molar-refractivity contribution >= 4 is 29.1 Å². The molecular formula is C19H25ClN4O2. The SMILES string of the molecule is CC(C)C(NC(=O)c1ccccc1Cl)C(=O)Nc1cnn(C(C)(C)C)c1. The van der Waals surface area contributed by atoms with Gasteiger partial charge in [-0.25, -0.2) is 0 Å². The van der Waals surface area contributed by atoms with Crippen LogP contribution in [0.1, 0.15) is 45.0 Å². The molecule has 0 aliphatic rings. The number of rotatable bonds is 5. The summed E-state index contributed by atoms with van der Waals surface area (Å²) >= 11 is 6.06. The topological polar surface area (TPSA) is 76.0 Å². The maximum absolute atomic E-state index is 12.7. The molecule has 1 heterocycles. The zero-order valence-corrected chi connectivity index (χ0v) is 16.5. The van der Waals surface area contributed by atoms with Crippen LogP contribution >= 0.6 is 11.6 Å². The summed E-state index contributed by atoms with van der Waals surface area (Å²) in [4.78, 5) is 25.1. The van der Waals surface area contributed by atoms with Gasteiger partial charge in [-0.05, 0) is 38.8 Å². The third-order valence-electron chi connectivity index (χ3n) is 3.89. The lowest BCUT2D eigenvalue weighted by Gasteiger charge is -2.22. The molecule has 2 N–H and O–H groups in total. The van der Waals surface area contributed by atoms with Gasteiger partial charge in [-0.2, -0.15) is 5.10 Å². The summed E-state index contributed by atoms with van der Waals surface area (Å²) < 4.78 is 1.77. The van der Waals surface area contributed by atoms with Crippen molar-refractivity contribution in [3.8, 4) is 0 Å². The van der Waals surface area contributed by atoms with Gasteiger partial charge >= 0.3 is 0 Å². The lowest BCUT2D eigenvalue weighted by Crippen LogP contribution is -2.47. The number of carbonyl (C=O) groups excluding carboxylic acids is 2. The molecule has 26 heavy (non-hydrogen) atoms. The van der Waals surface area contributed by atoms with Crippen LogP contribution in [0.3, 0.4) is 0 Å². The van der Waals surface area contributed by atoms with Crippen molar-refractivity contribution in [1.29, 1.82) is 0 Å². The normalized spacial score (nSPS) is 12.7. The van der Waals surface area contributed by atoms with E-state index in [9.17, 15) is 9.59 Å². The Morgan fingerprint density at radius 1 is 1.19 bits per heavy atom. The number of nitrogens with zero attached hydrogens (tertiary/aromatic N) is 2. The van der Waals surface area contributed by atoms with E-state index in [1.165, 1.54) is 0 Å². The second kappa shape index (κ2) is 7.91. The Morgan fingerprint density at radius 2 is 1.85 bits per heavy atom. The molecule has 0 aliphatic heterocycles. The van der Waals surface area contributed by atoms with Crippen LogP contribution in [-0.4, -0.2) is 27.6 Å². The molecule has 1 aromatic heterocycles. The van der Waals surface area contributed by atoms with E-state index in [1.54, 1.807) is 41.3 Å². The van der Waals surface area contributed by atoms with E-state index in [0.29, 0.717) is 16.3 Å². The predicted molar refractivity (Wildman–Crippen MR) is 103 cm³/mol. The second-order valence-electron chi connectivity index (χ2n) is 7.51. The van der Waals surface area contributed by atoms with E-state index >= 15 is 0 Å². The monoisotopic (exact) mass is 376 g/mol.